The Morgan fingerprint density at radius 1 is 1.11 bits per heavy atom. The highest BCUT2D eigenvalue weighted by Gasteiger charge is 2.68. The number of benzene rings is 1. The smallest absolute Gasteiger partial charge is 0.258 e. The van der Waals surface area contributed by atoms with Gasteiger partial charge in [0.05, 0.1) is 23.6 Å². The fourth-order valence-corrected chi connectivity index (χ4v) is 5.96. The monoisotopic (exact) mass is 500 g/mol. The van der Waals surface area contributed by atoms with Crippen LogP contribution in [0.5, 0.6) is 5.75 Å². The van der Waals surface area contributed by atoms with E-state index < -0.39 is 75.6 Å². The molecule has 1 aromatic carbocycles. The lowest BCUT2D eigenvalue weighted by Gasteiger charge is -2.53. The molecule has 0 radical (unpaired) electrons. The topological polar surface area (TPSA) is 168 Å². The lowest BCUT2D eigenvalue weighted by atomic mass is 9.54. The van der Waals surface area contributed by atoms with Crippen molar-refractivity contribution < 1.29 is 39.9 Å². The summed E-state index contributed by atoms with van der Waals surface area (Å²) in [5.74, 6) is -8.26. The fraction of sp³-hybridized carbons (Fsp3) is 0.500. The number of amides is 1. The molecule has 0 spiro atoms. The first kappa shape index (κ1) is 25.9. The first-order chi connectivity index (χ1) is 16.6. The van der Waals surface area contributed by atoms with Gasteiger partial charge in [0, 0.05) is 17.0 Å². The van der Waals surface area contributed by atoms with E-state index in [1.807, 2.05) is 0 Å². The van der Waals surface area contributed by atoms with E-state index in [0.29, 0.717) is 5.56 Å². The van der Waals surface area contributed by atoms with Crippen molar-refractivity contribution >= 4 is 23.2 Å². The molecular weight excluding hydrogens is 468 g/mol. The number of hydrogen-bond donors (Lipinski definition) is 6. The molecule has 0 aliphatic heterocycles. The average Bonchev–Trinajstić information content (AvgIpc) is 2.75. The van der Waals surface area contributed by atoms with Crippen LogP contribution in [0.2, 0.25) is 0 Å². The fourth-order valence-electron chi connectivity index (χ4n) is 5.96. The van der Waals surface area contributed by atoms with Gasteiger partial charge in [-0.2, -0.15) is 0 Å². The Kier molecular flexibility index (Phi) is 5.86. The number of nitrogens with zero attached hydrogens (tertiary/aromatic N) is 1. The predicted molar refractivity (Wildman–Crippen MR) is 129 cm³/mol. The van der Waals surface area contributed by atoms with Gasteiger partial charge in [0.2, 0.25) is 5.78 Å². The standard InChI is InChI=1S/C26H32N2O8/c1-10-11-8-7-9-12(29)14(11)19(30)15-13(10)20(31)17-18(28(5)6)21(32)16(24(35)27-25(2,3)4)23(34)26(17,36)22(15)33/h7-10,13,17-18,20,29-31,34,36H,1-6H3,(H,27,35). The summed E-state index contributed by atoms with van der Waals surface area (Å²) in [5, 5.41) is 58.7. The van der Waals surface area contributed by atoms with E-state index in [4.69, 9.17) is 0 Å². The zero-order valence-corrected chi connectivity index (χ0v) is 21.0. The van der Waals surface area contributed by atoms with Crippen molar-refractivity contribution in [2.75, 3.05) is 14.1 Å². The third-order valence-electron chi connectivity index (χ3n) is 7.46. The number of fused-ring (bicyclic) bond motifs is 3. The number of phenolic OH excluding ortho intramolecular Hbond substituents is 1. The Hall–Kier alpha value is -3.21. The molecule has 6 unspecified atom stereocenters. The number of carbonyl (C=O) groups excluding carboxylic acids is 3. The Morgan fingerprint density at radius 3 is 2.28 bits per heavy atom. The summed E-state index contributed by atoms with van der Waals surface area (Å²) in [6, 6.07) is 3.20. The van der Waals surface area contributed by atoms with Crippen LogP contribution in [0.4, 0.5) is 0 Å². The van der Waals surface area contributed by atoms with Gasteiger partial charge in [-0.15, -0.1) is 0 Å². The van der Waals surface area contributed by atoms with Gasteiger partial charge in [-0.1, -0.05) is 19.1 Å². The van der Waals surface area contributed by atoms with Crippen LogP contribution in [-0.2, 0) is 14.4 Å². The van der Waals surface area contributed by atoms with Crippen molar-refractivity contribution in [3.8, 4) is 5.75 Å². The molecule has 6 N–H and O–H groups in total. The van der Waals surface area contributed by atoms with Crippen LogP contribution in [0.15, 0.2) is 35.1 Å². The van der Waals surface area contributed by atoms with Crippen LogP contribution >= 0.6 is 0 Å². The van der Waals surface area contributed by atoms with Crippen LogP contribution in [0, 0.1) is 11.8 Å². The minimum Gasteiger partial charge on any atom is -0.508 e. The lowest BCUT2D eigenvalue weighted by Crippen LogP contribution is -2.70. The van der Waals surface area contributed by atoms with E-state index in [1.165, 1.54) is 25.1 Å². The van der Waals surface area contributed by atoms with Crippen molar-refractivity contribution in [3.05, 3.63) is 46.2 Å². The summed E-state index contributed by atoms with van der Waals surface area (Å²) >= 11 is 0. The minimum absolute atomic E-state index is 0.0101. The number of phenols is 1. The number of hydrogen-bond acceptors (Lipinski definition) is 9. The molecule has 1 fully saturated rings. The van der Waals surface area contributed by atoms with Gasteiger partial charge in [-0.05, 0) is 52.4 Å². The maximum absolute atomic E-state index is 14.0. The van der Waals surface area contributed by atoms with E-state index in [2.05, 4.69) is 5.32 Å². The van der Waals surface area contributed by atoms with E-state index in [-0.39, 0.29) is 16.9 Å². The number of carbonyl (C=O) groups is 3. The third-order valence-corrected chi connectivity index (χ3v) is 7.46. The molecular formula is C26H32N2O8. The minimum atomic E-state index is -2.88. The van der Waals surface area contributed by atoms with Crippen molar-refractivity contribution in [1.29, 1.82) is 0 Å². The maximum atomic E-state index is 14.0. The van der Waals surface area contributed by atoms with E-state index >= 15 is 0 Å². The molecule has 6 atom stereocenters. The molecule has 3 aliphatic carbocycles. The summed E-state index contributed by atoms with van der Waals surface area (Å²) in [7, 11) is 3.00. The summed E-state index contributed by atoms with van der Waals surface area (Å²) in [5.41, 5.74) is -4.38. The molecule has 10 heteroatoms. The Labute approximate surface area is 208 Å². The van der Waals surface area contributed by atoms with Crippen molar-refractivity contribution in [1.82, 2.24) is 10.2 Å². The SMILES string of the molecule is CC1c2cccc(O)c2C(O)=C2C(=O)C3(O)C(O)=C(C(=O)NC(C)(C)C)C(=O)C(N(C)C)C3C(O)C21. The number of nitrogens with one attached hydrogen (secondary N) is 1. The zero-order valence-electron chi connectivity index (χ0n) is 21.0. The molecule has 4 rings (SSSR count). The van der Waals surface area contributed by atoms with Gasteiger partial charge in [0.25, 0.3) is 5.91 Å². The number of ketones is 2. The van der Waals surface area contributed by atoms with Crippen molar-refractivity contribution in [2.45, 2.75) is 56.9 Å². The molecule has 36 heavy (non-hydrogen) atoms. The van der Waals surface area contributed by atoms with Crippen molar-refractivity contribution in [3.63, 3.8) is 0 Å². The molecule has 1 amide bonds. The molecule has 1 saturated carbocycles. The molecule has 10 nitrogen and oxygen atoms in total. The number of likely N-dealkylation sites (N-methyl/N-ethyl adjacent to an activating group) is 1. The normalized spacial score (nSPS) is 32.3. The predicted octanol–water partition coefficient (Wildman–Crippen LogP) is 0.925. The highest BCUT2D eigenvalue weighted by molar-refractivity contribution is 6.25. The number of aliphatic hydroxyl groups is 4. The van der Waals surface area contributed by atoms with Gasteiger partial charge in [-0.3, -0.25) is 19.3 Å². The molecule has 194 valence electrons. The number of aliphatic hydroxyl groups excluding tert-OH is 3. The quantitative estimate of drug-likeness (QED) is 0.324. The highest BCUT2D eigenvalue weighted by Crippen LogP contribution is 2.56. The summed E-state index contributed by atoms with van der Waals surface area (Å²) in [4.78, 5) is 42.0. The van der Waals surface area contributed by atoms with Crippen LogP contribution in [-0.4, -0.2) is 85.3 Å². The van der Waals surface area contributed by atoms with Crippen LogP contribution in [0.1, 0.15) is 44.7 Å². The summed E-state index contributed by atoms with van der Waals surface area (Å²) in [6.45, 7) is 6.68. The lowest BCUT2D eigenvalue weighted by molar-refractivity contribution is -0.169. The van der Waals surface area contributed by atoms with E-state index in [1.54, 1.807) is 39.8 Å². The third kappa shape index (κ3) is 3.39. The number of aromatic hydroxyl groups is 1. The van der Waals surface area contributed by atoms with Gasteiger partial charge in [0.15, 0.2) is 11.4 Å². The van der Waals surface area contributed by atoms with Crippen LogP contribution < -0.4 is 5.32 Å². The second kappa shape index (κ2) is 8.16. The van der Waals surface area contributed by atoms with E-state index in [9.17, 15) is 39.9 Å². The van der Waals surface area contributed by atoms with Crippen LogP contribution in [0.25, 0.3) is 5.76 Å². The molecule has 0 aromatic heterocycles. The summed E-state index contributed by atoms with van der Waals surface area (Å²) in [6.07, 6.45) is -1.58. The second-order valence-electron chi connectivity index (χ2n) is 11.1. The maximum Gasteiger partial charge on any atom is 0.258 e. The summed E-state index contributed by atoms with van der Waals surface area (Å²) < 4.78 is 0. The Morgan fingerprint density at radius 2 is 1.72 bits per heavy atom. The van der Waals surface area contributed by atoms with Gasteiger partial charge < -0.3 is 30.8 Å². The Bertz CT molecular complexity index is 1240. The van der Waals surface area contributed by atoms with Crippen molar-refractivity contribution in [2.24, 2.45) is 11.8 Å². The molecule has 0 bridgehead atoms. The second-order valence-corrected chi connectivity index (χ2v) is 11.1. The van der Waals surface area contributed by atoms with Gasteiger partial charge in [0.1, 0.15) is 22.8 Å². The molecule has 0 heterocycles. The van der Waals surface area contributed by atoms with Gasteiger partial charge >= 0.3 is 0 Å². The van der Waals surface area contributed by atoms with E-state index in [0.717, 1.165) is 0 Å². The first-order valence-corrected chi connectivity index (χ1v) is 11.7. The first-order valence-electron chi connectivity index (χ1n) is 11.7. The number of Topliss-reactive ketones (excluding diaryl/α,β-unsaturated/α-hetero) is 2. The largest absolute Gasteiger partial charge is 0.508 e. The van der Waals surface area contributed by atoms with Gasteiger partial charge in [-0.25, -0.2) is 0 Å². The zero-order chi connectivity index (χ0) is 27.1. The molecule has 1 aromatic rings. The Balaban J connectivity index is 2.02. The highest BCUT2D eigenvalue weighted by atomic mass is 16.4. The molecule has 3 aliphatic rings. The average molecular weight is 501 g/mol. The van der Waals surface area contributed by atoms with Crippen LogP contribution in [0.3, 0.4) is 0 Å². The molecule has 0 saturated heterocycles. The number of rotatable bonds is 2.